The minimum absolute atomic E-state index is 0.352. The van der Waals surface area contributed by atoms with Crippen LogP contribution < -0.4 is 10.6 Å². The van der Waals surface area contributed by atoms with Crippen LogP contribution >= 0.6 is 46.4 Å². The number of alkyl halides is 3. The Hall–Kier alpha value is -0.970. The van der Waals surface area contributed by atoms with Gasteiger partial charge in [-0.15, -0.1) is 0 Å². The molecule has 0 heterocycles. The van der Waals surface area contributed by atoms with Gasteiger partial charge in [0.05, 0.1) is 0 Å². The molecule has 0 unspecified atom stereocenters. The molecule has 0 aliphatic carbocycles. The zero-order valence-electron chi connectivity index (χ0n) is 12.6. The molecule has 2 aromatic rings. The van der Waals surface area contributed by atoms with E-state index in [1.165, 1.54) is 0 Å². The van der Waals surface area contributed by atoms with E-state index in [4.69, 9.17) is 46.4 Å². The molecule has 0 radical (unpaired) electrons. The summed E-state index contributed by atoms with van der Waals surface area (Å²) in [6.45, 7) is 0.545. The SMILES string of the molecule is O=C(N[C@@H](NCCc1ccccc1)C(Cl)(Cl)Cl)c1ccc(Cl)cc1. The van der Waals surface area contributed by atoms with E-state index in [1.54, 1.807) is 24.3 Å². The molecule has 2 aromatic carbocycles. The second-order valence-corrected chi connectivity index (χ2v) is 7.95. The van der Waals surface area contributed by atoms with Crippen molar-refractivity contribution in [2.45, 2.75) is 16.4 Å². The van der Waals surface area contributed by atoms with Gasteiger partial charge < -0.3 is 5.32 Å². The highest BCUT2D eigenvalue weighted by Gasteiger charge is 2.33. The average molecular weight is 406 g/mol. The molecule has 0 aliphatic heterocycles. The Labute approximate surface area is 161 Å². The summed E-state index contributed by atoms with van der Waals surface area (Å²) in [4.78, 5) is 12.3. The molecule has 0 saturated heterocycles. The van der Waals surface area contributed by atoms with Crippen LogP contribution in [0.25, 0.3) is 0 Å². The van der Waals surface area contributed by atoms with E-state index < -0.39 is 9.96 Å². The summed E-state index contributed by atoms with van der Waals surface area (Å²) < 4.78 is -1.68. The van der Waals surface area contributed by atoms with Crippen molar-refractivity contribution in [3.8, 4) is 0 Å². The van der Waals surface area contributed by atoms with E-state index in [9.17, 15) is 4.79 Å². The summed E-state index contributed by atoms with van der Waals surface area (Å²) in [7, 11) is 0. The van der Waals surface area contributed by atoms with E-state index in [-0.39, 0.29) is 5.91 Å². The van der Waals surface area contributed by atoms with Crippen molar-refractivity contribution in [1.82, 2.24) is 10.6 Å². The minimum Gasteiger partial charge on any atom is -0.333 e. The monoisotopic (exact) mass is 404 g/mol. The zero-order valence-corrected chi connectivity index (χ0v) is 15.6. The predicted octanol–water partition coefficient (Wildman–Crippen LogP) is 4.60. The molecule has 0 fully saturated rings. The fourth-order valence-electron chi connectivity index (χ4n) is 2.07. The van der Waals surface area contributed by atoms with E-state index in [1.807, 2.05) is 30.3 Å². The van der Waals surface area contributed by atoms with E-state index in [2.05, 4.69) is 10.6 Å². The molecule has 24 heavy (non-hydrogen) atoms. The minimum atomic E-state index is -1.68. The van der Waals surface area contributed by atoms with Crippen molar-refractivity contribution in [3.05, 3.63) is 70.7 Å². The predicted molar refractivity (Wildman–Crippen MR) is 101 cm³/mol. The Morgan fingerprint density at radius 1 is 1.00 bits per heavy atom. The highest BCUT2D eigenvalue weighted by atomic mass is 35.6. The van der Waals surface area contributed by atoms with Crippen LogP contribution in [0.1, 0.15) is 15.9 Å². The van der Waals surface area contributed by atoms with Crippen molar-refractivity contribution >= 4 is 52.3 Å². The maximum Gasteiger partial charge on any atom is 0.252 e. The molecule has 2 N–H and O–H groups in total. The normalized spacial score (nSPS) is 12.7. The lowest BCUT2D eigenvalue weighted by Gasteiger charge is -2.26. The van der Waals surface area contributed by atoms with Crippen molar-refractivity contribution in [3.63, 3.8) is 0 Å². The van der Waals surface area contributed by atoms with Crippen molar-refractivity contribution < 1.29 is 4.79 Å². The molecule has 3 nitrogen and oxygen atoms in total. The molecule has 0 spiro atoms. The van der Waals surface area contributed by atoms with Crippen molar-refractivity contribution in [2.24, 2.45) is 0 Å². The van der Waals surface area contributed by atoms with E-state index in [0.717, 1.165) is 12.0 Å². The lowest BCUT2D eigenvalue weighted by molar-refractivity contribution is 0.0930. The maximum atomic E-state index is 12.3. The highest BCUT2D eigenvalue weighted by Crippen LogP contribution is 2.29. The average Bonchev–Trinajstić information content (AvgIpc) is 2.54. The first-order valence-corrected chi connectivity index (χ1v) is 8.78. The summed E-state index contributed by atoms with van der Waals surface area (Å²) in [5.74, 6) is -0.352. The number of halogens is 4. The Kier molecular flexibility index (Phi) is 7.20. The summed E-state index contributed by atoms with van der Waals surface area (Å²) >= 11 is 23.7. The highest BCUT2D eigenvalue weighted by molar-refractivity contribution is 6.68. The molecule has 0 saturated carbocycles. The number of carbonyl (C=O) groups excluding carboxylic acids is 1. The van der Waals surface area contributed by atoms with Crippen LogP contribution in [0, 0.1) is 0 Å². The smallest absolute Gasteiger partial charge is 0.252 e. The summed E-state index contributed by atoms with van der Waals surface area (Å²) in [5.41, 5.74) is 1.58. The standard InChI is InChI=1S/C17H16Cl4N2O/c18-14-8-6-13(7-9-14)15(24)23-16(17(19,20)21)22-11-10-12-4-2-1-3-5-12/h1-9,16,22H,10-11H2,(H,23,24)/t16-/m1/s1. The molecule has 0 aromatic heterocycles. The number of hydrogen-bond donors (Lipinski definition) is 2. The van der Waals surface area contributed by atoms with Crippen LogP contribution in [0.3, 0.4) is 0 Å². The maximum absolute atomic E-state index is 12.3. The largest absolute Gasteiger partial charge is 0.333 e. The number of amides is 1. The zero-order chi connectivity index (χ0) is 17.6. The van der Waals surface area contributed by atoms with Gasteiger partial charge in [0.25, 0.3) is 5.91 Å². The third kappa shape index (κ3) is 6.15. The number of nitrogens with one attached hydrogen (secondary N) is 2. The van der Waals surface area contributed by atoms with Crippen molar-refractivity contribution in [1.29, 1.82) is 0 Å². The van der Waals surface area contributed by atoms with Crippen LogP contribution in [0.2, 0.25) is 5.02 Å². The molecule has 0 aliphatic rings. The van der Waals surface area contributed by atoms with Gasteiger partial charge in [-0.1, -0.05) is 76.7 Å². The molecule has 1 amide bonds. The molecule has 7 heteroatoms. The van der Waals surface area contributed by atoms with E-state index >= 15 is 0 Å². The van der Waals surface area contributed by atoms with Gasteiger partial charge >= 0.3 is 0 Å². The van der Waals surface area contributed by atoms with E-state index in [0.29, 0.717) is 17.1 Å². The van der Waals surface area contributed by atoms with Gasteiger partial charge in [-0.05, 0) is 36.2 Å². The second kappa shape index (κ2) is 8.93. The van der Waals surface area contributed by atoms with Crippen LogP contribution in [-0.4, -0.2) is 22.4 Å². The topological polar surface area (TPSA) is 41.1 Å². The Morgan fingerprint density at radius 3 is 2.21 bits per heavy atom. The van der Waals surface area contributed by atoms with Crippen LogP contribution in [-0.2, 0) is 6.42 Å². The number of carbonyl (C=O) groups is 1. The first kappa shape index (κ1) is 19.4. The molecule has 128 valence electrons. The Morgan fingerprint density at radius 2 is 1.62 bits per heavy atom. The fraction of sp³-hybridized carbons (Fsp3) is 0.235. The van der Waals surface area contributed by atoms with Gasteiger partial charge in [0.1, 0.15) is 6.17 Å². The Bertz CT molecular complexity index is 657. The summed E-state index contributed by atoms with van der Waals surface area (Å²) in [5, 5.41) is 6.30. The molecule has 2 rings (SSSR count). The van der Waals surface area contributed by atoms with Gasteiger partial charge in [0, 0.05) is 17.1 Å². The number of benzene rings is 2. The fourth-order valence-corrected chi connectivity index (χ4v) is 2.59. The van der Waals surface area contributed by atoms with Crippen LogP contribution in [0.5, 0.6) is 0 Å². The van der Waals surface area contributed by atoms with Crippen LogP contribution in [0.15, 0.2) is 54.6 Å². The number of hydrogen-bond acceptors (Lipinski definition) is 2. The summed E-state index contributed by atoms with van der Waals surface area (Å²) in [6, 6.07) is 16.4. The first-order chi connectivity index (χ1) is 11.4. The van der Waals surface area contributed by atoms with Crippen LogP contribution in [0.4, 0.5) is 0 Å². The quantitative estimate of drug-likeness (QED) is 0.544. The summed E-state index contributed by atoms with van der Waals surface area (Å²) in [6.07, 6.45) is -0.0797. The molecular formula is C17H16Cl4N2O. The number of rotatable bonds is 6. The molecular weight excluding hydrogens is 390 g/mol. The lowest BCUT2D eigenvalue weighted by atomic mass is 10.1. The van der Waals surface area contributed by atoms with Gasteiger partial charge in [0.2, 0.25) is 3.79 Å². The van der Waals surface area contributed by atoms with Gasteiger partial charge in [0.15, 0.2) is 0 Å². The third-order valence-electron chi connectivity index (χ3n) is 3.31. The van der Waals surface area contributed by atoms with Gasteiger partial charge in [-0.2, -0.15) is 0 Å². The Balaban J connectivity index is 1.95. The molecule has 0 bridgehead atoms. The third-order valence-corrected chi connectivity index (χ3v) is 4.22. The second-order valence-electron chi connectivity index (χ2n) is 5.14. The molecule has 1 atom stereocenters. The first-order valence-electron chi connectivity index (χ1n) is 7.27. The van der Waals surface area contributed by atoms with Gasteiger partial charge in [-0.25, -0.2) is 0 Å². The van der Waals surface area contributed by atoms with Crippen molar-refractivity contribution in [2.75, 3.05) is 6.54 Å². The van der Waals surface area contributed by atoms with Gasteiger partial charge in [-0.3, -0.25) is 10.1 Å². The lowest BCUT2D eigenvalue weighted by Crippen LogP contribution is -2.53.